The topological polar surface area (TPSA) is 15.3 Å². The van der Waals surface area contributed by atoms with E-state index in [0.29, 0.717) is 6.04 Å². The fraction of sp³-hybridized carbons (Fsp3) is 0.647. The van der Waals surface area contributed by atoms with E-state index in [0.717, 1.165) is 6.54 Å². The maximum atomic E-state index is 3.78. The fourth-order valence-corrected chi connectivity index (χ4v) is 2.84. The van der Waals surface area contributed by atoms with Crippen molar-refractivity contribution in [3.8, 4) is 0 Å². The molecule has 1 heterocycles. The molecule has 1 aliphatic rings. The highest BCUT2D eigenvalue weighted by Crippen LogP contribution is 2.20. The van der Waals surface area contributed by atoms with Crippen LogP contribution in [0, 0.1) is 0 Å². The molecule has 1 aromatic carbocycles. The Kier molecular flexibility index (Phi) is 5.00. The van der Waals surface area contributed by atoms with Crippen LogP contribution in [0.3, 0.4) is 0 Å². The Balaban J connectivity index is 2.05. The minimum Gasteiger partial charge on any atom is -0.304 e. The van der Waals surface area contributed by atoms with Crippen LogP contribution in [0.25, 0.3) is 0 Å². The summed E-state index contributed by atoms with van der Waals surface area (Å²) in [6, 6.07) is 11.3. The van der Waals surface area contributed by atoms with Crippen LogP contribution in [0.4, 0.5) is 0 Å². The summed E-state index contributed by atoms with van der Waals surface area (Å²) in [5, 5.41) is 3.78. The molecule has 0 radical (unpaired) electrons. The number of hydrogen-bond donors (Lipinski definition) is 1. The summed E-state index contributed by atoms with van der Waals surface area (Å²) in [6.45, 7) is 10.4. The van der Waals surface area contributed by atoms with E-state index in [9.17, 15) is 0 Å². The van der Waals surface area contributed by atoms with Gasteiger partial charge in [-0.05, 0) is 52.3 Å². The van der Waals surface area contributed by atoms with Gasteiger partial charge in [-0.3, -0.25) is 0 Å². The van der Waals surface area contributed by atoms with Crippen LogP contribution in [0.2, 0.25) is 0 Å². The van der Waals surface area contributed by atoms with Gasteiger partial charge in [0, 0.05) is 18.1 Å². The van der Waals surface area contributed by atoms with Gasteiger partial charge in [0.05, 0.1) is 0 Å². The van der Waals surface area contributed by atoms with Gasteiger partial charge in [0.1, 0.15) is 0 Å². The monoisotopic (exact) mass is 260 g/mol. The van der Waals surface area contributed by atoms with E-state index in [1.807, 2.05) is 0 Å². The van der Waals surface area contributed by atoms with Gasteiger partial charge >= 0.3 is 0 Å². The van der Waals surface area contributed by atoms with Crippen molar-refractivity contribution in [3.05, 3.63) is 35.9 Å². The largest absolute Gasteiger partial charge is 0.304 e. The molecular weight excluding hydrogens is 232 g/mol. The van der Waals surface area contributed by atoms with Crippen LogP contribution in [-0.4, -0.2) is 30.1 Å². The van der Waals surface area contributed by atoms with Crippen molar-refractivity contribution in [2.75, 3.05) is 19.6 Å². The molecule has 1 saturated heterocycles. The molecule has 0 bridgehead atoms. The minimum absolute atomic E-state index is 0.149. The Bertz CT molecular complexity index is 361. The molecule has 0 saturated carbocycles. The van der Waals surface area contributed by atoms with E-state index >= 15 is 0 Å². The molecule has 1 N–H and O–H groups in total. The maximum absolute atomic E-state index is 3.78. The van der Waals surface area contributed by atoms with Gasteiger partial charge in [0.15, 0.2) is 0 Å². The summed E-state index contributed by atoms with van der Waals surface area (Å²) >= 11 is 0. The maximum Gasteiger partial charge on any atom is 0.0453 e. The van der Waals surface area contributed by atoms with Crippen molar-refractivity contribution in [2.24, 2.45) is 0 Å². The number of nitrogens with zero attached hydrogens (tertiary/aromatic N) is 1. The molecule has 1 aliphatic heterocycles. The van der Waals surface area contributed by atoms with Gasteiger partial charge in [0.25, 0.3) is 0 Å². The summed E-state index contributed by atoms with van der Waals surface area (Å²) in [4.78, 5) is 2.61. The quantitative estimate of drug-likeness (QED) is 0.890. The molecule has 0 aromatic heterocycles. The number of piperidine rings is 1. The smallest absolute Gasteiger partial charge is 0.0453 e. The zero-order valence-corrected chi connectivity index (χ0v) is 12.7. The molecule has 1 unspecified atom stereocenters. The van der Waals surface area contributed by atoms with Crippen molar-refractivity contribution in [1.82, 2.24) is 10.2 Å². The lowest BCUT2D eigenvalue weighted by Crippen LogP contribution is -2.45. The molecular formula is C17H28N2. The number of rotatable bonds is 4. The van der Waals surface area contributed by atoms with Crippen molar-refractivity contribution < 1.29 is 0 Å². The first-order valence-corrected chi connectivity index (χ1v) is 7.59. The summed E-state index contributed by atoms with van der Waals surface area (Å²) in [7, 11) is 0. The molecule has 2 nitrogen and oxygen atoms in total. The highest BCUT2D eigenvalue weighted by Gasteiger charge is 2.22. The molecule has 0 spiro atoms. The number of nitrogens with one attached hydrogen (secondary N) is 1. The molecule has 106 valence electrons. The van der Waals surface area contributed by atoms with Crippen LogP contribution >= 0.6 is 0 Å². The zero-order valence-electron chi connectivity index (χ0n) is 12.7. The van der Waals surface area contributed by atoms with E-state index in [1.54, 1.807) is 0 Å². The Hall–Kier alpha value is -0.860. The van der Waals surface area contributed by atoms with Crippen LogP contribution < -0.4 is 5.32 Å². The zero-order chi connectivity index (χ0) is 13.7. The predicted octanol–water partition coefficient (Wildman–Crippen LogP) is 3.60. The highest BCUT2D eigenvalue weighted by molar-refractivity contribution is 5.19. The first-order chi connectivity index (χ1) is 9.04. The minimum atomic E-state index is 0.149. The third-order valence-electron chi connectivity index (χ3n) is 3.70. The van der Waals surface area contributed by atoms with Gasteiger partial charge < -0.3 is 10.2 Å². The standard InChI is InChI=1S/C17H28N2/c1-17(2,3)18-16(15-10-6-4-7-11-15)14-19-12-8-5-9-13-19/h4,6-7,10-11,16,18H,5,8-9,12-14H2,1-3H3. The van der Waals surface area contributed by atoms with E-state index in [1.165, 1.54) is 37.9 Å². The van der Waals surface area contributed by atoms with Gasteiger partial charge in [-0.2, -0.15) is 0 Å². The van der Waals surface area contributed by atoms with E-state index in [-0.39, 0.29) is 5.54 Å². The van der Waals surface area contributed by atoms with Crippen LogP contribution in [-0.2, 0) is 0 Å². The molecule has 19 heavy (non-hydrogen) atoms. The lowest BCUT2D eigenvalue weighted by Gasteiger charge is -2.35. The normalized spacial score (nSPS) is 19.3. The van der Waals surface area contributed by atoms with Gasteiger partial charge in [-0.15, -0.1) is 0 Å². The molecule has 1 aromatic rings. The molecule has 2 heteroatoms. The van der Waals surface area contributed by atoms with E-state index < -0.39 is 0 Å². The summed E-state index contributed by atoms with van der Waals surface area (Å²) in [5.74, 6) is 0. The second-order valence-corrected chi connectivity index (χ2v) is 6.72. The van der Waals surface area contributed by atoms with Crippen LogP contribution in [0.1, 0.15) is 51.6 Å². The Morgan fingerprint density at radius 2 is 1.68 bits per heavy atom. The molecule has 1 atom stereocenters. The van der Waals surface area contributed by atoms with Gasteiger partial charge in [0.2, 0.25) is 0 Å². The number of benzene rings is 1. The molecule has 0 aliphatic carbocycles. The Morgan fingerprint density at radius 3 is 2.26 bits per heavy atom. The third kappa shape index (κ3) is 4.96. The average molecular weight is 260 g/mol. The van der Waals surface area contributed by atoms with Gasteiger partial charge in [-0.1, -0.05) is 36.8 Å². The SMILES string of the molecule is CC(C)(C)NC(CN1CCCCC1)c1ccccc1. The molecule has 1 fully saturated rings. The number of hydrogen-bond acceptors (Lipinski definition) is 2. The summed E-state index contributed by atoms with van der Waals surface area (Å²) in [5.41, 5.74) is 1.55. The first-order valence-electron chi connectivity index (χ1n) is 7.59. The van der Waals surface area contributed by atoms with Crippen molar-refractivity contribution >= 4 is 0 Å². The second kappa shape index (κ2) is 6.53. The second-order valence-electron chi connectivity index (χ2n) is 6.72. The summed E-state index contributed by atoms with van der Waals surface area (Å²) < 4.78 is 0. The lowest BCUT2D eigenvalue weighted by molar-refractivity contribution is 0.192. The average Bonchev–Trinajstić information content (AvgIpc) is 2.39. The van der Waals surface area contributed by atoms with Crippen molar-refractivity contribution in [2.45, 2.75) is 51.6 Å². The fourth-order valence-electron chi connectivity index (χ4n) is 2.84. The highest BCUT2D eigenvalue weighted by atomic mass is 15.2. The predicted molar refractivity (Wildman–Crippen MR) is 82.4 cm³/mol. The van der Waals surface area contributed by atoms with Crippen LogP contribution in [0.15, 0.2) is 30.3 Å². The third-order valence-corrected chi connectivity index (χ3v) is 3.70. The van der Waals surface area contributed by atoms with Crippen LogP contribution in [0.5, 0.6) is 0 Å². The number of likely N-dealkylation sites (tertiary alicyclic amines) is 1. The van der Waals surface area contributed by atoms with Crippen molar-refractivity contribution in [1.29, 1.82) is 0 Å². The Labute approximate surface area is 118 Å². The lowest BCUT2D eigenvalue weighted by atomic mass is 10.00. The van der Waals surface area contributed by atoms with Crippen molar-refractivity contribution in [3.63, 3.8) is 0 Å². The molecule has 0 amide bonds. The summed E-state index contributed by atoms with van der Waals surface area (Å²) in [6.07, 6.45) is 4.12. The Morgan fingerprint density at radius 1 is 1.05 bits per heavy atom. The van der Waals surface area contributed by atoms with E-state index in [4.69, 9.17) is 0 Å². The van der Waals surface area contributed by atoms with Gasteiger partial charge in [-0.25, -0.2) is 0 Å². The van der Waals surface area contributed by atoms with E-state index in [2.05, 4.69) is 61.3 Å². The molecule has 2 rings (SSSR count). The first kappa shape index (κ1) is 14.5.